The molecule has 1 amide bonds. The fourth-order valence-electron chi connectivity index (χ4n) is 2.00. The standard InChI is InChI=1S/C13H20BrNOS/c1-4-11(5-2)15(7-6-14)13(16)12-9-17-8-10(12)3/h8-9,11H,4-7H2,1-3H3. The Morgan fingerprint density at radius 2 is 2.06 bits per heavy atom. The van der Waals surface area contributed by atoms with Crippen LogP contribution in [0.1, 0.15) is 42.6 Å². The molecule has 1 heterocycles. The molecule has 0 radical (unpaired) electrons. The molecule has 0 saturated heterocycles. The van der Waals surface area contributed by atoms with Crippen LogP contribution in [0.15, 0.2) is 10.8 Å². The molecule has 1 aromatic heterocycles. The van der Waals surface area contributed by atoms with Crippen LogP contribution in [-0.4, -0.2) is 28.7 Å². The normalized spacial score (nSPS) is 10.9. The van der Waals surface area contributed by atoms with Crippen molar-refractivity contribution in [2.45, 2.75) is 39.7 Å². The Morgan fingerprint density at radius 3 is 2.47 bits per heavy atom. The molecule has 1 rings (SSSR count). The molecular weight excluding hydrogens is 298 g/mol. The maximum Gasteiger partial charge on any atom is 0.255 e. The van der Waals surface area contributed by atoms with E-state index in [2.05, 4.69) is 29.8 Å². The van der Waals surface area contributed by atoms with Crippen molar-refractivity contribution >= 4 is 33.2 Å². The van der Waals surface area contributed by atoms with Gasteiger partial charge in [0.05, 0.1) is 5.56 Å². The number of hydrogen-bond acceptors (Lipinski definition) is 2. The quantitative estimate of drug-likeness (QED) is 0.724. The lowest BCUT2D eigenvalue weighted by Crippen LogP contribution is -2.41. The average molecular weight is 318 g/mol. The van der Waals surface area contributed by atoms with Crippen molar-refractivity contribution in [3.63, 3.8) is 0 Å². The minimum Gasteiger partial charge on any atom is -0.335 e. The van der Waals surface area contributed by atoms with Crippen molar-refractivity contribution in [3.8, 4) is 0 Å². The Hall–Kier alpha value is -0.350. The van der Waals surface area contributed by atoms with Crippen LogP contribution in [0.4, 0.5) is 0 Å². The Bertz CT molecular complexity index is 360. The van der Waals surface area contributed by atoms with Gasteiger partial charge in [-0.1, -0.05) is 29.8 Å². The maximum atomic E-state index is 12.5. The van der Waals surface area contributed by atoms with E-state index in [-0.39, 0.29) is 5.91 Å². The first-order chi connectivity index (χ1) is 8.15. The Balaban J connectivity index is 2.91. The van der Waals surface area contributed by atoms with Gasteiger partial charge in [-0.15, -0.1) is 0 Å². The van der Waals surface area contributed by atoms with Gasteiger partial charge >= 0.3 is 0 Å². The van der Waals surface area contributed by atoms with E-state index in [1.807, 2.05) is 22.6 Å². The summed E-state index contributed by atoms with van der Waals surface area (Å²) in [7, 11) is 0. The molecule has 2 nitrogen and oxygen atoms in total. The summed E-state index contributed by atoms with van der Waals surface area (Å²) >= 11 is 5.03. The monoisotopic (exact) mass is 317 g/mol. The molecule has 17 heavy (non-hydrogen) atoms. The van der Waals surface area contributed by atoms with Crippen LogP contribution in [-0.2, 0) is 0 Å². The van der Waals surface area contributed by atoms with E-state index in [1.54, 1.807) is 11.3 Å². The number of carbonyl (C=O) groups is 1. The van der Waals surface area contributed by atoms with Crippen LogP contribution >= 0.6 is 27.3 Å². The van der Waals surface area contributed by atoms with Crippen molar-refractivity contribution in [2.24, 2.45) is 0 Å². The predicted molar refractivity (Wildman–Crippen MR) is 78.3 cm³/mol. The van der Waals surface area contributed by atoms with Gasteiger partial charge in [-0.05, 0) is 30.7 Å². The van der Waals surface area contributed by atoms with Gasteiger partial charge in [0, 0.05) is 23.3 Å². The smallest absolute Gasteiger partial charge is 0.255 e. The number of amides is 1. The van der Waals surface area contributed by atoms with E-state index in [9.17, 15) is 4.79 Å². The zero-order valence-corrected chi connectivity index (χ0v) is 13.1. The van der Waals surface area contributed by atoms with E-state index in [0.717, 1.165) is 35.8 Å². The number of aryl methyl sites for hydroxylation is 1. The zero-order chi connectivity index (χ0) is 12.8. The first kappa shape index (κ1) is 14.7. The summed E-state index contributed by atoms with van der Waals surface area (Å²) in [5.74, 6) is 0.178. The van der Waals surface area contributed by atoms with Crippen molar-refractivity contribution < 1.29 is 4.79 Å². The van der Waals surface area contributed by atoms with Crippen molar-refractivity contribution in [1.29, 1.82) is 0 Å². The van der Waals surface area contributed by atoms with E-state index in [4.69, 9.17) is 0 Å². The van der Waals surface area contributed by atoms with Crippen LogP contribution < -0.4 is 0 Å². The Labute approximate surface area is 116 Å². The van der Waals surface area contributed by atoms with Gasteiger partial charge in [-0.3, -0.25) is 4.79 Å². The predicted octanol–water partition coefficient (Wildman–Crippen LogP) is 4.08. The van der Waals surface area contributed by atoms with Crippen LogP contribution in [0.25, 0.3) is 0 Å². The highest BCUT2D eigenvalue weighted by Crippen LogP contribution is 2.19. The molecule has 0 spiro atoms. The second-order valence-electron chi connectivity index (χ2n) is 4.13. The van der Waals surface area contributed by atoms with E-state index in [0.29, 0.717) is 6.04 Å². The number of thiophene rings is 1. The maximum absolute atomic E-state index is 12.5. The molecule has 96 valence electrons. The second-order valence-corrected chi connectivity index (χ2v) is 5.66. The van der Waals surface area contributed by atoms with Crippen LogP contribution in [0, 0.1) is 6.92 Å². The molecular formula is C13H20BrNOS. The summed E-state index contributed by atoms with van der Waals surface area (Å²) in [6.07, 6.45) is 2.02. The molecule has 0 atom stereocenters. The van der Waals surface area contributed by atoms with E-state index >= 15 is 0 Å². The van der Waals surface area contributed by atoms with Crippen molar-refractivity contribution in [2.75, 3.05) is 11.9 Å². The summed E-state index contributed by atoms with van der Waals surface area (Å²) in [6.45, 7) is 7.07. The van der Waals surface area contributed by atoms with Gasteiger partial charge in [-0.25, -0.2) is 0 Å². The number of alkyl halides is 1. The van der Waals surface area contributed by atoms with Gasteiger partial charge in [0.2, 0.25) is 0 Å². The van der Waals surface area contributed by atoms with E-state index in [1.165, 1.54) is 0 Å². The average Bonchev–Trinajstić information content (AvgIpc) is 2.75. The number of halogens is 1. The SMILES string of the molecule is CCC(CC)N(CCBr)C(=O)c1cscc1C. The molecule has 0 aliphatic carbocycles. The lowest BCUT2D eigenvalue weighted by molar-refractivity contribution is 0.0683. The Morgan fingerprint density at radius 1 is 1.41 bits per heavy atom. The molecule has 4 heteroatoms. The van der Waals surface area contributed by atoms with Gasteiger partial charge in [0.1, 0.15) is 0 Å². The van der Waals surface area contributed by atoms with Gasteiger partial charge < -0.3 is 4.90 Å². The molecule has 0 aliphatic heterocycles. The third kappa shape index (κ3) is 3.55. The second kappa shape index (κ2) is 7.17. The molecule has 0 fully saturated rings. The third-order valence-corrected chi connectivity index (χ3v) is 4.27. The Kier molecular flexibility index (Phi) is 6.20. The van der Waals surface area contributed by atoms with Crippen molar-refractivity contribution in [1.82, 2.24) is 4.90 Å². The molecule has 0 unspecified atom stereocenters. The number of nitrogens with zero attached hydrogens (tertiary/aromatic N) is 1. The van der Waals surface area contributed by atoms with Crippen LogP contribution in [0.2, 0.25) is 0 Å². The summed E-state index contributed by atoms with van der Waals surface area (Å²) in [5, 5.41) is 4.83. The minimum absolute atomic E-state index is 0.178. The summed E-state index contributed by atoms with van der Waals surface area (Å²) < 4.78 is 0. The molecule has 0 aromatic carbocycles. The molecule has 0 saturated carbocycles. The number of carbonyl (C=O) groups excluding carboxylic acids is 1. The lowest BCUT2D eigenvalue weighted by atomic mass is 10.1. The fraction of sp³-hybridized carbons (Fsp3) is 0.615. The number of rotatable bonds is 6. The van der Waals surface area contributed by atoms with Gasteiger partial charge in [-0.2, -0.15) is 11.3 Å². The third-order valence-electron chi connectivity index (χ3n) is 3.06. The summed E-state index contributed by atoms with van der Waals surface area (Å²) in [6, 6.07) is 0.347. The van der Waals surface area contributed by atoms with Gasteiger partial charge in [0.15, 0.2) is 0 Å². The molecule has 1 aromatic rings. The largest absolute Gasteiger partial charge is 0.335 e. The first-order valence-corrected chi connectivity index (χ1v) is 8.11. The summed E-state index contributed by atoms with van der Waals surface area (Å²) in [4.78, 5) is 14.5. The highest BCUT2D eigenvalue weighted by atomic mass is 79.9. The lowest BCUT2D eigenvalue weighted by Gasteiger charge is -2.30. The van der Waals surface area contributed by atoms with E-state index < -0.39 is 0 Å². The first-order valence-electron chi connectivity index (χ1n) is 6.05. The van der Waals surface area contributed by atoms with Crippen LogP contribution in [0.5, 0.6) is 0 Å². The highest BCUT2D eigenvalue weighted by Gasteiger charge is 2.23. The molecule has 0 N–H and O–H groups in total. The van der Waals surface area contributed by atoms with Crippen LogP contribution in [0.3, 0.4) is 0 Å². The zero-order valence-electron chi connectivity index (χ0n) is 10.7. The van der Waals surface area contributed by atoms with Gasteiger partial charge in [0.25, 0.3) is 5.91 Å². The minimum atomic E-state index is 0.178. The van der Waals surface area contributed by atoms with Crippen molar-refractivity contribution in [3.05, 3.63) is 21.9 Å². The topological polar surface area (TPSA) is 20.3 Å². The molecule has 0 bridgehead atoms. The summed E-state index contributed by atoms with van der Waals surface area (Å²) in [5.41, 5.74) is 1.95. The molecule has 0 aliphatic rings. The fourth-order valence-corrected chi connectivity index (χ4v) is 3.21. The number of hydrogen-bond donors (Lipinski definition) is 0. The highest BCUT2D eigenvalue weighted by molar-refractivity contribution is 9.09.